The Labute approximate surface area is 179 Å². The predicted molar refractivity (Wildman–Crippen MR) is 114 cm³/mol. The van der Waals surface area contributed by atoms with Gasteiger partial charge >= 0.3 is 6.09 Å². The van der Waals surface area contributed by atoms with Gasteiger partial charge in [0.15, 0.2) is 0 Å². The summed E-state index contributed by atoms with van der Waals surface area (Å²) in [6.45, 7) is 5.67. The number of amides is 2. The molecular weight excluding hydrogens is 402 g/mol. The van der Waals surface area contributed by atoms with E-state index in [-0.39, 0.29) is 47.4 Å². The fraction of sp³-hybridized carbons (Fsp3) is 0.476. The van der Waals surface area contributed by atoms with Gasteiger partial charge in [0.25, 0.3) is 5.69 Å². The van der Waals surface area contributed by atoms with E-state index < -0.39 is 17.1 Å². The number of benzene rings is 1. The summed E-state index contributed by atoms with van der Waals surface area (Å²) in [5, 5.41) is 26.0. The van der Waals surface area contributed by atoms with Crippen molar-refractivity contribution in [3.63, 3.8) is 0 Å². The molecule has 0 spiro atoms. The molecule has 164 valence electrons. The van der Waals surface area contributed by atoms with Crippen LogP contribution in [0.1, 0.15) is 46.1 Å². The number of nitro groups is 1. The minimum Gasteiger partial charge on any atom is -0.465 e. The summed E-state index contributed by atoms with van der Waals surface area (Å²) in [5.41, 5.74) is 1.16. The number of carboxylic acid groups (broad SMARTS) is 1. The van der Waals surface area contributed by atoms with Gasteiger partial charge in [-0.25, -0.2) is 4.79 Å². The van der Waals surface area contributed by atoms with Gasteiger partial charge in [-0.1, -0.05) is 13.8 Å². The molecule has 1 N–H and O–H groups in total. The van der Waals surface area contributed by atoms with Crippen LogP contribution in [-0.4, -0.2) is 44.4 Å². The fourth-order valence-electron chi connectivity index (χ4n) is 4.06. The summed E-state index contributed by atoms with van der Waals surface area (Å²) in [6, 6.07) is 2.68. The molecule has 10 nitrogen and oxygen atoms in total. The predicted octanol–water partition coefficient (Wildman–Crippen LogP) is 4.06. The van der Waals surface area contributed by atoms with Crippen LogP contribution in [0.15, 0.2) is 24.5 Å². The average molecular weight is 427 g/mol. The van der Waals surface area contributed by atoms with Crippen molar-refractivity contribution in [3.8, 4) is 11.1 Å². The summed E-state index contributed by atoms with van der Waals surface area (Å²) in [7, 11) is 0. The van der Waals surface area contributed by atoms with Gasteiger partial charge in [-0.05, 0) is 31.7 Å². The Balaban J connectivity index is 1.88. The highest BCUT2D eigenvalue weighted by Crippen LogP contribution is 2.44. The molecule has 0 bridgehead atoms. The third kappa shape index (κ3) is 3.85. The van der Waals surface area contributed by atoms with Crippen molar-refractivity contribution in [1.29, 1.82) is 0 Å². The quantitative estimate of drug-likeness (QED) is 0.567. The Morgan fingerprint density at radius 3 is 2.58 bits per heavy atom. The number of nitrogens with zero attached hydrogens (tertiary/aromatic N) is 5. The van der Waals surface area contributed by atoms with Gasteiger partial charge in [0.2, 0.25) is 5.91 Å². The molecule has 2 aromatic rings. The maximum atomic E-state index is 13.0. The molecular formula is C21H25N5O5. The van der Waals surface area contributed by atoms with E-state index in [1.54, 1.807) is 24.0 Å². The summed E-state index contributed by atoms with van der Waals surface area (Å²) in [5.74, 6) is -0.0828. The number of fused-ring (bicyclic) bond motifs is 1. The van der Waals surface area contributed by atoms with Crippen molar-refractivity contribution in [1.82, 2.24) is 9.78 Å². The first-order valence-corrected chi connectivity index (χ1v) is 10.4. The van der Waals surface area contributed by atoms with Crippen LogP contribution >= 0.6 is 0 Å². The molecule has 1 aliphatic carbocycles. The van der Waals surface area contributed by atoms with Crippen LogP contribution in [0.5, 0.6) is 0 Å². The van der Waals surface area contributed by atoms with Crippen LogP contribution in [0.4, 0.5) is 21.9 Å². The first kappa shape index (κ1) is 20.8. The Hall–Kier alpha value is -3.43. The third-order valence-corrected chi connectivity index (χ3v) is 5.64. The van der Waals surface area contributed by atoms with Crippen molar-refractivity contribution in [2.45, 2.75) is 52.1 Å². The monoisotopic (exact) mass is 427 g/mol. The molecule has 1 aromatic heterocycles. The van der Waals surface area contributed by atoms with Crippen LogP contribution in [0.3, 0.4) is 0 Å². The van der Waals surface area contributed by atoms with Crippen LogP contribution in [0.2, 0.25) is 0 Å². The Bertz CT molecular complexity index is 1060. The first-order chi connectivity index (χ1) is 14.7. The van der Waals surface area contributed by atoms with Gasteiger partial charge in [0.1, 0.15) is 0 Å². The van der Waals surface area contributed by atoms with Gasteiger partial charge in [0.05, 0.1) is 40.1 Å². The third-order valence-electron chi connectivity index (χ3n) is 5.64. The fourth-order valence-corrected chi connectivity index (χ4v) is 4.06. The zero-order valence-electron chi connectivity index (χ0n) is 17.7. The van der Waals surface area contributed by atoms with Gasteiger partial charge in [-0.2, -0.15) is 5.10 Å². The molecule has 1 aromatic carbocycles. The van der Waals surface area contributed by atoms with E-state index >= 15 is 0 Å². The largest absolute Gasteiger partial charge is 0.465 e. The second kappa shape index (κ2) is 7.68. The lowest BCUT2D eigenvalue weighted by Crippen LogP contribution is -2.52. The van der Waals surface area contributed by atoms with E-state index in [1.165, 1.54) is 17.0 Å². The molecule has 1 aliphatic heterocycles. The number of aromatic nitrogens is 2. The van der Waals surface area contributed by atoms with E-state index in [2.05, 4.69) is 5.10 Å². The van der Waals surface area contributed by atoms with E-state index in [0.717, 1.165) is 17.7 Å². The molecule has 1 saturated carbocycles. The number of hydrogen-bond acceptors (Lipinski definition) is 5. The van der Waals surface area contributed by atoms with E-state index in [9.17, 15) is 24.8 Å². The molecule has 31 heavy (non-hydrogen) atoms. The summed E-state index contributed by atoms with van der Waals surface area (Å²) in [4.78, 5) is 39.0. The Morgan fingerprint density at radius 2 is 2.00 bits per heavy atom. The SMILES string of the molecule is CC(C)CC(=O)N1c2cc([N+](=O)[O-])c(-c3cnn(C4CC4)c3)cc2N(C(=O)O)C[C@@H]1C. The number of nitro benzene ring substituents is 1. The zero-order valence-corrected chi connectivity index (χ0v) is 17.7. The number of hydrogen-bond donors (Lipinski definition) is 1. The lowest BCUT2D eigenvalue weighted by atomic mass is 9.99. The lowest BCUT2D eigenvalue weighted by Gasteiger charge is -2.40. The standard InChI is InChI=1S/C21H25N5O5/c1-12(2)6-20(27)25-13(3)10-23(21(28)29)18-7-16(17(26(30)31)8-19(18)25)14-9-22-24(11-14)15-4-5-15/h7-9,11-13,15H,4-6,10H2,1-3H3,(H,28,29)/t13-/m0/s1. The van der Waals surface area contributed by atoms with Gasteiger partial charge in [0, 0.05) is 30.8 Å². The molecule has 0 unspecified atom stereocenters. The van der Waals surface area contributed by atoms with Gasteiger partial charge < -0.3 is 10.0 Å². The van der Waals surface area contributed by atoms with Crippen LogP contribution in [-0.2, 0) is 4.79 Å². The maximum Gasteiger partial charge on any atom is 0.411 e. The number of carbonyl (C=O) groups excluding carboxylic acids is 1. The van der Waals surface area contributed by atoms with Crippen molar-refractivity contribution in [3.05, 3.63) is 34.6 Å². The minimum absolute atomic E-state index is 0.0881. The second-order valence-corrected chi connectivity index (χ2v) is 8.66. The summed E-state index contributed by atoms with van der Waals surface area (Å²) >= 11 is 0. The minimum atomic E-state index is -1.17. The number of carbonyl (C=O) groups is 2. The van der Waals surface area contributed by atoms with Crippen LogP contribution < -0.4 is 9.80 Å². The second-order valence-electron chi connectivity index (χ2n) is 8.66. The highest BCUT2D eigenvalue weighted by molar-refractivity contribution is 6.04. The molecule has 0 saturated heterocycles. The van der Waals surface area contributed by atoms with Gasteiger partial charge in [-0.3, -0.25) is 24.5 Å². The van der Waals surface area contributed by atoms with Crippen molar-refractivity contribution < 1.29 is 19.6 Å². The number of rotatable bonds is 5. The molecule has 2 amide bonds. The van der Waals surface area contributed by atoms with Crippen molar-refractivity contribution >= 4 is 29.1 Å². The molecule has 2 heterocycles. The molecule has 1 atom stereocenters. The number of anilines is 2. The Morgan fingerprint density at radius 1 is 1.29 bits per heavy atom. The van der Waals surface area contributed by atoms with Crippen molar-refractivity contribution in [2.24, 2.45) is 5.92 Å². The normalized spacial score (nSPS) is 18.3. The molecule has 1 fully saturated rings. The molecule has 2 aliphatic rings. The van der Waals surface area contributed by atoms with Crippen molar-refractivity contribution in [2.75, 3.05) is 16.3 Å². The molecule has 10 heteroatoms. The first-order valence-electron chi connectivity index (χ1n) is 10.4. The Kier molecular flexibility index (Phi) is 5.16. The lowest BCUT2D eigenvalue weighted by molar-refractivity contribution is -0.384. The molecule has 4 rings (SSSR count). The van der Waals surface area contributed by atoms with E-state index in [4.69, 9.17) is 0 Å². The van der Waals surface area contributed by atoms with E-state index in [1.807, 2.05) is 13.8 Å². The molecule has 0 radical (unpaired) electrons. The van der Waals surface area contributed by atoms with Crippen LogP contribution in [0, 0.1) is 16.0 Å². The summed E-state index contributed by atoms with van der Waals surface area (Å²) in [6.07, 6.45) is 4.45. The topological polar surface area (TPSA) is 122 Å². The zero-order chi connectivity index (χ0) is 22.4. The maximum absolute atomic E-state index is 13.0. The smallest absolute Gasteiger partial charge is 0.411 e. The average Bonchev–Trinajstić information content (AvgIpc) is 3.42. The summed E-state index contributed by atoms with van der Waals surface area (Å²) < 4.78 is 1.79. The van der Waals surface area contributed by atoms with E-state index in [0.29, 0.717) is 11.6 Å². The van der Waals surface area contributed by atoms with Gasteiger partial charge in [-0.15, -0.1) is 0 Å². The highest BCUT2D eigenvalue weighted by atomic mass is 16.6. The highest BCUT2D eigenvalue weighted by Gasteiger charge is 2.37. The van der Waals surface area contributed by atoms with Crippen LogP contribution in [0.25, 0.3) is 11.1 Å².